The molecular weight excluding hydrogens is 588 g/mol. The highest BCUT2D eigenvalue weighted by Crippen LogP contribution is 2.39. The van der Waals surface area contributed by atoms with Gasteiger partial charge in [0.25, 0.3) is 5.91 Å². The molecule has 6 nitrogen and oxygen atoms in total. The molecule has 3 N–H and O–H groups in total. The monoisotopic (exact) mass is 620 g/mol. The summed E-state index contributed by atoms with van der Waals surface area (Å²) in [6.45, 7) is 3.27. The maximum absolute atomic E-state index is 13.4. The van der Waals surface area contributed by atoms with Crippen molar-refractivity contribution in [2.24, 2.45) is 0 Å². The zero-order chi connectivity index (χ0) is 28.9. The van der Waals surface area contributed by atoms with Gasteiger partial charge in [0.05, 0.1) is 17.7 Å². The van der Waals surface area contributed by atoms with Gasteiger partial charge in [-0.3, -0.25) is 14.5 Å². The SMILES string of the molecule is O=C(Cc1ccccc1Br)Nc1ccc2c(c1)C(=C(Nc1ccc(CN3CCCCC3)cc1)c1ccccc1)C(=O)N2. The minimum Gasteiger partial charge on any atom is -0.354 e. The van der Waals surface area contributed by atoms with Crippen LogP contribution < -0.4 is 16.0 Å². The Labute approximate surface area is 255 Å². The standard InChI is InChI=1S/C35H33BrN4O2/c36-30-12-6-5-11-26(30)21-32(41)37-28-17-18-31-29(22-28)33(35(42)39-31)34(25-9-3-1-4-10-25)38-27-15-13-24(14-16-27)23-40-19-7-2-8-20-40/h1,3-6,9-18,22,38H,2,7-8,19-21,23H2,(H,37,41)(H,39,42). The molecule has 2 aliphatic rings. The highest BCUT2D eigenvalue weighted by Gasteiger charge is 2.29. The van der Waals surface area contributed by atoms with Gasteiger partial charge in [-0.25, -0.2) is 0 Å². The summed E-state index contributed by atoms with van der Waals surface area (Å²) in [4.78, 5) is 28.8. The first-order valence-corrected chi connectivity index (χ1v) is 15.2. The number of amides is 2. The van der Waals surface area contributed by atoms with Gasteiger partial charge in [0.1, 0.15) is 0 Å². The van der Waals surface area contributed by atoms with Crippen LogP contribution in [0.15, 0.2) is 102 Å². The van der Waals surface area contributed by atoms with Crippen LogP contribution in [0.2, 0.25) is 0 Å². The lowest BCUT2D eigenvalue weighted by Crippen LogP contribution is -2.29. The number of halogens is 1. The van der Waals surface area contributed by atoms with Crippen LogP contribution in [0.1, 0.15) is 41.5 Å². The summed E-state index contributed by atoms with van der Waals surface area (Å²) in [5.74, 6) is -0.314. The molecule has 4 aromatic rings. The first-order valence-electron chi connectivity index (χ1n) is 14.4. The minimum absolute atomic E-state index is 0.129. The van der Waals surface area contributed by atoms with Crippen LogP contribution in [0.3, 0.4) is 0 Å². The molecule has 6 rings (SSSR count). The molecule has 0 spiro atoms. The number of rotatable bonds is 8. The Morgan fingerprint density at radius 1 is 0.810 bits per heavy atom. The minimum atomic E-state index is -0.185. The van der Waals surface area contributed by atoms with Crippen LogP contribution in [0.25, 0.3) is 11.3 Å². The molecule has 0 radical (unpaired) electrons. The normalized spacial score (nSPS) is 16.0. The van der Waals surface area contributed by atoms with Crippen LogP contribution >= 0.6 is 15.9 Å². The summed E-state index contributed by atoms with van der Waals surface area (Å²) < 4.78 is 0.896. The number of benzene rings is 4. The summed E-state index contributed by atoms with van der Waals surface area (Å²) in [6, 6.07) is 31.6. The predicted octanol–water partition coefficient (Wildman–Crippen LogP) is 7.55. The molecule has 2 heterocycles. The molecule has 2 aliphatic heterocycles. The second kappa shape index (κ2) is 12.8. The number of likely N-dealkylation sites (tertiary alicyclic amines) is 1. The largest absolute Gasteiger partial charge is 0.354 e. The van der Waals surface area contributed by atoms with Gasteiger partial charge in [-0.1, -0.05) is 83.0 Å². The molecule has 0 saturated carbocycles. The number of carbonyl (C=O) groups is 2. The molecule has 1 fully saturated rings. The van der Waals surface area contributed by atoms with Crippen LogP contribution in [-0.4, -0.2) is 29.8 Å². The lowest BCUT2D eigenvalue weighted by atomic mass is 9.99. The number of nitrogens with one attached hydrogen (secondary N) is 3. The Morgan fingerprint density at radius 2 is 1.52 bits per heavy atom. The lowest BCUT2D eigenvalue weighted by molar-refractivity contribution is -0.115. The average molecular weight is 622 g/mol. The number of carbonyl (C=O) groups excluding carboxylic acids is 2. The van der Waals surface area contributed by atoms with Gasteiger partial charge in [-0.05, 0) is 79.0 Å². The molecule has 1 saturated heterocycles. The third kappa shape index (κ3) is 6.48. The molecule has 2 amide bonds. The van der Waals surface area contributed by atoms with E-state index in [1.54, 1.807) is 0 Å². The number of piperidine rings is 1. The molecule has 0 unspecified atom stereocenters. The fourth-order valence-electron chi connectivity index (χ4n) is 5.61. The Bertz CT molecular complexity index is 1630. The number of hydrogen-bond acceptors (Lipinski definition) is 4. The van der Waals surface area contributed by atoms with Gasteiger partial charge >= 0.3 is 0 Å². The summed E-state index contributed by atoms with van der Waals surface area (Å²) in [7, 11) is 0. The second-order valence-corrected chi connectivity index (χ2v) is 11.7. The van der Waals surface area contributed by atoms with Crippen LogP contribution in [0.5, 0.6) is 0 Å². The zero-order valence-corrected chi connectivity index (χ0v) is 24.9. The van der Waals surface area contributed by atoms with Crippen molar-refractivity contribution in [1.82, 2.24) is 4.90 Å². The van der Waals surface area contributed by atoms with Gasteiger partial charge in [0.2, 0.25) is 5.91 Å². The zero-order valence-electron chi connectivity index (χ0n) is 23.3. The van der Waals surface area contributed by atoms with Crippen molar-refractivity contribution in [3.8, 4) is 0 Å². The smallest absolute Gasteiger partial charge is 0.258 e. The summed E-state index contributed by atoms with van der Waals surface area (Å²) in [5.41, 5.74) is 7.34. The fraction of sp³-hybridized carbons (Fsp3) is 0.200. The van der Waals surface area contributed by atoms with E-state index >= 15 is 0 Å². The van der Waals surface area contributed by atoms with E-state index in [1.807, 2.05) is 72.8 Å². The molecule has 0 atom stereocenters. The van der Waals surface area contributed by atoms with Crippen molar-refractivity contribution < 1.29 is 9.59 Å². The Kier molecular flexibility index (Phi) is 8.49. The molecule has 0 aromatic heterocycles. The second-order valence-electron chi connectivity index (χ2n) is 10.8. The first-order chi connectivity index (χ1) is 20.5. The Balaban J connectivity index is 1.28. The van der Waals surface area contributed by atoms with Gasteiger partial charge in [-0.2, -0.15) is 0 Å². The summed E-state index contributed by atoms with van der Waals surface area (Å²) in [5, 5.41) is 9.56. The topological polar surface area (TPSA) is 73.5 Å². The van der Waals surface area contributed by atoms with Gasteiger partial charge in [0, 0.05) is 33.6 Å². The number of nitrogens with zero attached hydrogens (tertiary/aromatic N) is 1. The van der Waals surface area contributed by atoms with E-state index in [9.17, 15) is 9.59 Å². The summed E-state index contributed by atoms with van der Waals surface area (Å²) in [6.07, 6.45) is 4.11. The van der Waals surface area contributed by atoms with Gasteiger partial charge in [-0.15, -0.1) is 0 Å². The van der Waals surface area contributed by atoms with E-state index in [1.165, 1.54) is 24.8 Å². The Morgan fingerprint density at radius 3 is 2.29 bits per heavy atom. The quantitative estimate of drug-likeness (QED) is 0.178. The van der Waals surface area contributed by atoms with Crippen LogP contribution in [0.4, 0.5) is 17.1 Å². The van der Waals surface area contributed by atoms with E-state index in [0.29, 0.717) is 22.6 Å². The molecule has 0 bridgehead atoms. The van der Waals surface area contributed by atoms with Crippen molar-refractivity contribution in [3.63, 3.8) is 0 Å². The van der Waals surface area contributed by atoms with Crippen molar-refractivity contribution in [2.45, 2.75) is 32.2 Å². The number of fused-ring (bicyclic) bond motifs is 1. The molecule has 7 heteroatoms. The van der Waals surface area contributed by atoms with Crippen molar-refractivity contribution in [2.75, 3.05) is 29.0 Å². The van der Waals surface area contributed by atoms with Crippen molar-refractivity contribution >= 4 is 56.1 Å². The van der Waals surface area contributed by atoms with Crippen molar-refractivity contribution in [3.05, 3.63) is 124 Å². The highest BCUT2D eigenvalue weighted by molar-refractivity contribution is 9.10. The average Bonchev–Trinajstić information content (AvgIpc) is 3.33. The van der Waals surface area contributed by atoms with E-state index in [-0.39, 0.29) is 18.2 Å². The number of hydrogen-bond donors (Lipinski definition) is 3. The van der Waals surface area contributed by atoms with E-state index in [2.05, 4.69) is 61.0 Å². The maximum atomic E-state index is 13.4. The first kappa shape index (κ1) is 27.9. The molecule has 0 aliphatic carbocycles. The van der Waals surface area contributed by atoms with E-state index < -0.39 is 0 Å². The third-order valence-corrected chi connectivity index (χ3v) is 8.52. The predicted molar refractivity (Wildman–Crippen MR) is 174 cm³/mol. The fourth-order valence-corrected chi connectivity index (χ4v) is 6.04. The van der Waals surface area contributed by atoms with Gasteiger partial charge in [0.15, 0.2) is 0 Å². The Hall–Kier alpha value is -4.20. The molecule has 42 heavy (non-hydrogen) atoms. The number of anilines is 3. The molecule has 212 valence electrons. The molecule has 4 aromatic carbocycles. The lowest BCUT2D eigenvalue weighted by Gasteiger charge is -2.26. The van der Waals surface area contributed by atoms with Gasteiger partial charge < -0.3 is 16.0 Å². The molecular formula is C35H33BrN4O2. The summed E-state index contributed by atoms with van der Waals surface area (Å²) >= 11 is 3.52. The van der Waals surface area contributed by atoms with Crippen LogP contribution in [0, 0.1) is 0 Å². The highest BCUT2D eigenvalue weighted by atomic mass is 79.9. The maximum Gasteiger partial charge on any atom is 0.258 e. The third-order valence-electron chi connectivity index (χ3n) is 7.75. The van der Waals surface area contributed by atoms with E-state index in [0.717, 1.165) is 46.5 Å². The van der Waals surface area contributed by atoms with E-state index in [4.69, 9.17) is 0 Å². The van der Waals surface area contributed by atoms with Crippen molar-refractivity contribution in [1.29, 1.82) is 0 Å². The van der Waals surface area contributed by atoms with Crippen LogP contribution in [-0.2, 0) is 22.6 Å².